The van der Waals surface area contributed by atoms with Crippen LogP contribution in [0.1, 0.15) is 24.0 Å². The topological polar surface area (TPSA) is 67.4 Å². The van der Waals surface area contributed by atoms with Crippen molar-refractivity contribution in [3.05, 3.63) is 29.3 Å². The van der Waals surface area contributed by atoms with Crippen LogP contribution in [0.2, 0.25) is 0 Å². The summed E-state index contributed by atoms with van der Waals surface area (Å²) in [5.41, 5.74) is 2.04. The molecule has 20 heavy (non-hydrogen) atoms. The molecular weight excluding hydrogens is 276 g/mol. The highest BCUT2D eigenvalue weighted by atomic mass is 32.2. The Morgan fingerprint density at radius 2 is 2.20 bits per heavy atom. The number of fused-ring (bicyclic) bond motifs is 1. The molecule has 0 aliphatic carbocycles. The Morgan fingerprint density at radius 3 is 3.00 bits per heavy atom. The van der Waals surface area contributed by atoms with Crippen LogP contribution in [0.3, 0.4) is 0 Å². The van der Waals surface area contributed by atoms with Crippen molar-refractivity contribution in [2.45, 2.75) is 30.7 Å². The number of benzene rings is 1. The van der Waals surface area contributed by atoms with E-state index in [0.717, 1.165) is 43.5 Å². The van der Waals surface area contributed by atoms with Gasteiger partial charge in [-0.25, -0.2) is 13.1 Å². The Hall–Kier alpha value is -0.950. The third-order valence-electron chi connectivity index (χ3n) is 3.45. The zero-order valence-corrected chi connectivity index (χ0v) is 12.6. The largest absolute Gasteiger partial charge is 0.385 e. The lowest BCUT2D eigenvalue weighted by molar-refractivity contribution is 0.193. The van der Waals surface area contributed by atoms with Crippen LogP contribution < -0.4 is 10.0 Å². The Kier molecular flexibility index (Phi) is 5.54. The van der Waals surface area contributed by atoms with Crippen molar-refractivity contribution in [2.75, 3.05) is 26.8 Å². The molecule has 0 atom stereocenters. The summed E-state index contributed by atoms with van der Waals surface area (Å²) in [6.45, 7) is 2.68. The summed E-state index contributed by atoms with van der Waals surface area (Å²) < 4.78 is 32.4. The third kappa shape index (κ3) is 3.79. The number of hydrogen-bond donors (Lipinski definition) is 2. The maximum Gasteiger partial charge on any atom is 0.240 e. The monoisotopic (exact) mass is 298 g/mol. The fraction of sp³-hybridized carbons (Fsp3) is 0.571. The fourth-order valence-electron chi connectivity index (χ4n) is 2.40. The molecule has 0 bridgehead atoms. The predicted octanol–water partition coefficient (Wildman–Crippen LogP) is 1.04. The summed E-state index contributed by atoms with van der Waals surface area (Å²) in [6.07, 6.45) is 2.40. The number of rotatable bonds is 7. The summed E-state index contributed by atoms with van der Waals surface area (Å²) in [5.74, 6) is 0. The first-order valence-corrected chi connectivity index (χ1v) is 8.43. The molecule has 0 amide bonds. The Labute approximate surface area is 120 Å². The van der Waals surface area contributed by atoms with Gasteiger partial charge in [0.25, 0.3) is 0 Å². The molecular formula is C14H22N2O3S. The summed E-state index contributed by atoms with van der Waals surface area (Å²) >= 11 is 0. The van der Waals surface area contributed by atoms with E-state index in [1.807, 2.05) is 12.1 Å². The van der Waals surface area contributed by atoms with E-state index in [4.69, 9.17) is 4.74 Å². The normalized spacial score (nSPS) is 15.1. The molecule has 1 heterocycles. The minimum absolute atomic E-state index is 0.434. The quantitative estimate of drug-likeness (QED) is 0.738. The van der Waals surface area contributed by atoms with Crippen LogP contribution in [0.5, 0.6) is 0 Å². The number of hydrogen-bond acceptors (Lipinski definition) is 4. The molecule has 1 aliphatic heterocycles. The molecule has 2 N–H and O–H groups in total. The molecule has 0 radical (unpaired) electrons. The third-order valence-corrected chi connectivity index (χ3v) is 5.00. The van der Waals surface area contributed by atoms with E-state index in [1.165, 1.54) is 0 Å². The molecule has 5 nitrogen and oxygen atoms in total. The van der Waals surface area contributed by atoms with E-state index in [9.17, 15) is 8.42 Å². The van der Waals surface area contributed by atoms with Crippen molar-refractivity contribution in [3.8, 4) is 0 Å². The van der Waals surface area contributed by atoms with Gasteiger partial charge >= 0.3 is 0 Å². The van der Waals surface area contributed by atoms with Gasteiger partial charge in [-0.15, -0.1) is 0 Å². The minimum atomic E-state index is -3.41. The van der Waals surface area contributed by atoms with Crippen molar-refractivity contribution in [2.24, 2.45) is 0 Å². The first-order valence-electron chi connectivity index (χ1n) is 6.95. The molecule has 0 aromatic heterocycles. The van der Waals surface area contributed by atoms with Crippen LogP contribution in [-0.2, 0) is 27.7 Å². The van der Waals surface area contributed by atoms with Crippen LogP contribution in [0, 0.1) is 0 Å². The highest BCUT2D eigenvalue weighted by molar-refractivity contribution is 7.89. The molecule has 0 saturated carbocycles. The zero-order valence-electron chi connectivity index (χ0n) is 11.8. The van der Waals surface area contributed by atoms with Gasteiger partial charge in [0.2, 0.25) is 10.0 Å². The molecule has 1 aromatic carbocycles. The Bertz CT molecular complexity index is 543. The molecule has 0 fully saturated rings. The average Bonchev–Trinajstić information content (AvgIpc) is 2.46. The molecule has 0 unspecified atom stereocenters. The van der Waals surface area contributed by atoms with Crippen molar-refractivity contribution in [3.63, 3.8) is 0 Å². The molecule has 1 aromatic rings. The van der Waals surface area contributed by atoms with Gasteiger partial charge in [-0.2, -0.15) is 0 Å². The smallest absolute Gasteiger partial charge is 0.240 e. The maximum atomic E-state index is 12.4. The van der Waals surface area contributed by atoms with Gasteiger partial charge in [-0.3, -0.25) is 0 Å². The van der Waals surface area contributed by atoms with Gasteiger partial charge in [-0.1, -0.05) is 12.1 Å². The van der Waals surface area contributed by atoms with E-state index in [-0.39, 0.29) is 0 Å². The molecule has 112 valence electrons. The Balaban J connectivity index is 2.06. The van der Waals surface area contributed by atoms with Crippen LogP contribution in [0.25, 0.3) is 0 Å². The second-order valence-electron chi connectivity index (χ2n) is 4.92. The lowest BCUT2D eigenvalue weighted by atomic mass is 10.0. The number of sulfonamides is 1. The second-order valence-corrected chi connectivity index (χ2v) is 6.65. The molecule has 2 rings (SSSR count). The van der Waals surface area contributed by atoms with E-state index in [1.54, 1.807) is 13.2 Å². The van der Waals surface area contributed by atoms with Gasteiger partial charge in [0.15, 0.2) is 0 Å². The zero-order chi connectivity index (χ0) is 14.4. The fourth-order valence-corrected chi connectivity index (χ4v) is 3.79. The molecule has 0 saturated heterocycles. The average molecular weight is 298 g/mol. The lowest BCUT2D eigenvalue weighted by Crippen LogP contribution is -2.30. The van der Waals surface area contributed by atoms with E-state index in [2.05, 4.69) is 10.0 Å². The standard InChI is InChI=1S/C14H22N2O3S/c1-19-10-3-2-8-16-20(17,18)14-6-4-5-12-11-15-9-7-13(12)14/h4-6,15-16H,2-3,7-11H2,1H3. The Morgan fingerprint density at radius 1 is 1.35 bits per heavy atom. The molecule has 1 aliphatic rings. The minimum Gasteiger partial charge on any atom is -0.385 e. The summed E-state index contributed by atoms with van der Waals surface area (Å²) in [7, 11) is -1.76. The summed E-state index contributed by atoms with van der Waals surface area (Å²) in [5, 5.41) is 3.26. The van der Waals surface area contributed by atoms with Crippen LogP contribution in [-0.4, -0.2) is 35.2 Å². The predicted molar refractivity (Wildman–Crippen MR) is 78.2 cm³/mol. The van der Waals surface area contributed by atoms with Crippen LogP contribution in [0.15, 0.2) is 23.1 Å². The molecule has 6 heteroatoms. The first-order chi connectivity index (χ1) is 9.65. The number of unbranched alkanes of at least 4 members (excludes halogenated alkanes) is 1. The van der Waals surface area contributed by atoms with Crippen molar-refractivity contribution in [1.82, 2.24) is 10.0 Å². The van der Waals surface area contributed by atoms with E-state index >= 15 is 0 Å². The maximum absolute atomic E-state index is 12.4. The highest BCUT2D eigenvalue weighted by Gasteiger charge is 2.21. The van der Waals surface area contributed by atoms with Gasteiger partial charge in [0, 0.05) is 26.8 Å². The number of nitrogens with one attached hydrogen (secondary N) is 2. The summed E-state index contributed by atoms with van der Waals surface area (Å²) in [6, 6.07) is 5.49. The van der Waals surface area contributed by atoms with Crippen LogP contribution >= 0.6 is 0 Å². The van der Waals surface area contributed by atoms with Crippen molar-refractivity contribution < 1.29 is 13.2 Å². The lowest BCUT2D eigenvalue weighted by Gasteiger charge is -2.20. The van der Waals surface area contributed by atoms with E-state index < -0.39 is 10.0 Å². The SMILES string of the molecule is COCCCCNS(=O)(=O)c1cccc2c1CCNC2. The number of ether oxygens (including phenoxy) is 1. The van der Waals surface area contributed by atoms with Gasteiger partial charge in [0.1, 0.15) is 0 Å². The summed E-state index contributed by atoms with van der Waals surface area (Å²) in [4.78, 5) is 0.434. The highest BCUT2D eigenvalue weighted by Crippen LogP contribution is 2.22. The van der Waals surface area contributed by atoms with Crippen LogP contribution in [0.4, 0.5) is 0 Å². The van der Waals surface area contributed by atoms with Gasteiger partial charge in [-0.05, 0) is 43.0 Å². The van der Waals surface area contributed by atoms with Crippen molar-refractivity contribution in [1.29, 1.82) is 0 Å². The second kappa shape index (κ2) is 7.17. The van der Waals surface area contributed by atoms with Crippen molar-refractivity contribution >= 4 is 10.0 Å². The van der Waals surface area contributed by atoms with E-state index in [0.29, 0.717) is 18.0 Å². The number of methoxy groups -OCH3 is 1. The van der Waals surface area contributed by atoms with Gasteiger partial charge < -0.3 is 10.1 Å². The molecule has 0 spiro atoms. The van der Waals surface area contributed by atoms with Gasteiger partial charge in [0.05, 0.1) is 4.90 Å². The first kappa shape index (κ1) is 15.4.